The number of nitrogens with zero attached hydrogens (tertiary/aromatic N) is 1. The maximum atomic E-state index is 12.9. The third-order valence-electron chi connectivity index (χ3n) is 3.84. The van der Waals surface area contributed by atoms with Crippen molar-refractivity contribution in [2.45, 2.75) is 6.42 Å². The molecule has 1 aliphatic rings. The zero-order valence-corrected chi connectivity index (χ0v) is 12.4. The van der Waals surface area contributed by atoms with Gasteiger partial charge >= 0.3 is 0 Å². The second kappa shape index (κ2) is 5.79. The number of rotatable bonds is 4. The number of hydrogen-bond donors (Lipinski definition) is 0. The molecule has 1 amide bonds. The van der Waals surface area contributed by atoms with Crippen LogP contribution in [0.4, 0.5) is 4.39 Å². The van der Waals surface area contributed by atoms with Crippen LogP contribution in [0.15, 0.2) is 40.8 Å². The van der Waals surface area contributed by atoms with E-state index in [-0.39, 0.29) is 18.1 Å². The fraction of sp³-hybridized carbons (Fsp3) is 0.235. The summed E-state index contributed by atoms with van der Waals surface area (Å²) in [4.78, 5) is 36.8. The Balaban J connectivity index is 1.74. The van der Waals surface area contributed by atoms with Gasteiger partial charge in [-0.2, -0.15) is 0 Å². The van der Waals surface area contributed by atoms with Gasteiger partial charge in [-0.1, -0.05) is 12.1 Å². The van der Waals surface area contributed by atoms with Crippen molar-refractivity contribution in [1.29, 1.82) is 0 Å². The van der Waals surface area contributed by atoms with Crippen molar-refractivity contribution >= 4 is 17.5 Å². The highest BCUT2D eigenvalue weighted by Crippen LogP contribution is 2.21. The number of likely N-dealkylation sites (N-methyl/N-ethyl adjacent to an activating group) is 1. The Morgan fingerprint density at radius 3 is 2.52 bits per heavy atom. The van der Waals surface area contributed by atoms with Crippen molar-refractivity contribution in [2.24, 2.45) is 5.92 Å². The first-order chi connectivity index (χ1) is 11.0. The van der Waals surface area contributed by atoms with Crippen LogP contribution in [0.5, 0.6) is 0 Å². The van der Waals surface area contributed by atoms with E-state index in [2.05, 4.69) is 0 Å². The SMILES string of the molecule is CN1CC(C(=O)c2ccc(Cc3ccc(F)cc3)o2)C(=O)C1=O. The second-order valence-corrected chi connectivity index (χ2v) is 5.54. The van der Waals surface area contributed by atoms with Gasteiger partial charge in [0.2, 0.25) is 11.6 Å². The highest BCUT2D eigenvalue weighted by Gasteiger charge is 2.42. The number of hydrogen-bond acceptors (Lipinski definition) is 4. The Labute approximate surface area is 131 Å². The smallest absolute Gasteiger partial charge is 0.290 e. The first-order valence-electron chi connectivity index (χ1n) is 7.12. The van der Waals surface area contributed by atoms with Crippen LogP contribution in [0.1, 0.15) is 21.9 Å². The molecule has 0 N–H and O–H groups in total. The summed E-state index contributed by atoms with van der Waals surface area (Å²) in [6.07, 6.45) is 0.408. The molecular formula is C17H14FNO4. The number of carbonyl (C=O) groups is 3. The fourth-order valence-corrected chi connectivity index (χ4v) is 2.56. The molecule has 0 bridgehead atoms. The van der Waals surface area contributed by atoms with Crippen molar-refractivity contribution in [3.63, 3.8) is 0 Å². The fourth-order valence-electron chi connectivity index (χ4n) is 2.56. The minimum atomic E-state index is -1.00. The summed E-state index contributed by atoms with van der Waals surface area (Å²) < 4.78 is 18.4. The van der Waals surface area contributed by atoms with Crippen LogP contribution in [0.3, 0.4) is 0 Å². The molecule has 2 heterocycles. The lowest BCUT2D eigenvalue weighted by atomic mass is 10.0. The molecule has 1 fully saturated rings. The Morgan fingerprint density at radius 1 is 1.22 bits per heavy atom. The average Bonchev–Trinajstić information content (AvgIpc) is 3.10. The number of amides is 1. The van der Waals surface area contributed by atoms with Crippen molar-refractivity contribution < 1.29 is 23.2 Å². The summed E-state index contributed by atoms with van der Waals surface area (Å²) in [5, 5.41) is 0. The van der Waals surface area contributed by atoms with Crippen LogP contribution in [-0.4, -0.2) is 36.0 Å². The van der Waals surface area contributed by atoms with E-state index in [9.17, 15) is 18.8 Å². The lowest BCUT2D eigenvalue weighted by molar-refractivity contribution is -0.139. The van der Waals surface area contributed by atoms with Crippen LogP contribution < -0.4 is 0 Å². The zero-order chi connectivity index (χ0) is 16.6. The summed E-state index contributed by atoms with van der Waals surface area (Å²) in [6, 6.07) is 9.10. The summed E-state index contributed by atoms with van der Waals surface area (Å²) in [6.45, 7) is 0.0739. The third-order valence-corrected chi connectivity index (χ3v) is 3.84. The maximum Gasteiger partial charge on any atom is 0.290 e. The van der Waals surface area contributed by atoms with Gasteiger partial charge in [0.1, 0.15) is 17.5 Å². The van der Waals surface area contributed by atoms with Crippen molar-refractivity contribution in [1.82, 2.24) is 4.90 Å². The third kappa shape index (κ3) is 2.92. The molecule has 3 rings (SSSR count). The number of ketones is 2. The number of halogens is 1. The summed E-state index contributed by atoms with van der Waals surface area (Å²) >= 11 is 0. The van der Waals surface area contributed by atoms with Gasteiger partial charge < -0.3 is 9.32 Å². The van der Waals surface area contributed by atoms with E-state index in [1.807, 2.05) is 0 Å². The highest BCUT2D eigenvalue weighted by atomic mass is 19.1. The van der Waals surface area contributed by atoms with Crippen molar-refractivity contribution in [2.75, 3.05) is 13.6 Å². The zero-order valence-electron chi connectivity index (χ0n) is 12.4. The van der Waals surface area contributed by atoms with E-state index in [1.54, 1.807) is 18.2 Å². The number of benzene rings is 1. The van der Waals surface area contributed by atoms with Crippen LogP contribution in [0, 0.1) is 11.7 Å². The predicted molar refractivity (Wildman–Crippen MR) is 78.4 cm³/mol. The molecule has 1 aromatic heterocycles. The van der Waals surface area contributed by atoms with Gasteiger partial charge in [-0.3, -0.25) is 14.4 Å². The number of furan rings is 1. The normalized spacial score (nSPS) is 17.8. The second-order valence-electron chi connectivity index (χ2n) is 5.54. The molecule has 1 atom stereocenters. The summed E-state index contributed by atoms with van der Waals surface area (Å²) in [5.41, 5.74) is 0.839. The maximum absolute atomic E-state index is 12.9. The van der Waals surface area contributed by atoms with Gasteiger partial charge in [-0.25, -0.2) is 4.39 Å². The van der Waals surface area contributed by atoms with Crippen LogP contribution in [-0.2, 0) is 16.0 Å². The van der Waals surface area contributed by atoms with E-state index < -0.39 is 23.4 Å². The molecule has 2 aromatic rings. The van der Waals surface area contributed by atoms with E-state index in [0.29, 0.717) is 12.2 Å². The lowest BCUT2D eigenvalue weighted by Gasteiger charge is -2.06. The lowest BCUT2D eigenvalue weighted by Crippen LogP contribution is -2.23. The van der Waals surface area contributed by atoms with Crippen LogP contribution in [0.2, 0.25) is 0 Å². The molecule has 118 valence electrons. The molecule has 6 heteroatoms. The molecular weight excluding hydrogens is 301 g/mol. The summed E-state index contributed by atoms with van der Waals surface area (Å²) in [5.74, 6) is -2.57. The van der Waals surface area contributed by atoms with E-state index in [0.717, 1.165) is 5.56 Å². The predicted octanol–water partition coefficient (Wildman–Crippen LogP) is 1.85. The van der Waals surface area contributed by atoms with Gasteiger partial charge in [-0.15, -0.1) is 0 Å². The van der Waals surface area contributed by atoms with Crippen LogP contribution >= 0.6 is 0 Å². The van der Waals surface area contributed by atoms with Gasteiger partial charge in [0, 0.05) is 20.0 Å². The molecule has 0 saturated carbocycles. The minimum Gasteiger partial charge on any atom is -0.458 e. The Bertz CT molecular complexity index is 778. The Morgan fingerprint density at radius 2 is 1.91 bits per heavy atom. The van der Waals surface area contributed by atoms with E-state index in [1.165, 1.54) is 30.1 Å². The standard InChI is InChI=1S/C17H14FNO4/c1-19-9-13(16(21)17(19)22)15(20)14-7-6-12(23-14)8-10-2-4-11(18)5-3-10/h2-7,13H,8-9H2,1H3. The van der Waals surface area contributed by atoms with Gasteiger partial charge in [0.25, 0.3) is 5.91 Å². The molecule has 5 nitrogen and oxygen atoms in total. The molecule has 1 saturated heterocycles. The minimum absolute atomic E-state index is 0.0589. The molecule has 0 radical (unpaired) electrons. The van der Waals surface area contributed by atoms with Crippen molar-refractivity contribution in [3.05, 3.63) is 59.3 Å². The Kier molecular flexibility index (Phi) is 3.82. The van der Waals surface area contributed by atoms with Gasteiger partial charge in [-0.05, 0) is 29.8 Å². The number of Topliss-reactive ketones (excluding diaryl/α,β-unsaturated/α-hetero) is 2. The highest BCUT2D eigenvalue weighted by molar-refractivity contribution is 6.43. The number of likely N-dealkylation sites (tertiary alicyclic amines) is 1. The van der Waals surface area contributed by atoms with Crippen molar-refractivity contribution in [3.8, 4) is 0 Å². The largest absolute Gasteiger partial charge is 0.458 e. The molecule has 23 heavy (non-hydrogen) atoms. The first kappa shape index (κ1) is 15.1. The molecule has 1 aliphatic heterocycles. The van der Waals surface area contributed by atoms with E-state index >= 15 is 0 Å². The Hall–Kier alpha value is -2.76. The molecule has 1 unspecified atom stereocenters. The van der Waals surface area contributed by atoms with Crippen LogP contribution in [0.25, 0.3) is 0 Å². The first-order valence-corrected chi connectivity index (χ1v) is 7.12. The van der Waals surface area contributed by atoms with E-state index in [4.69, 9.17) is 4.42 Å². The number of carbonyl (C=O) groups excluding carboxylic acids is 3. The van der Waals surface area contributed by atoms with Gasteiger partial charge in [0.15, 0.2) is 5.76 Å². The average molecular weight is 315 g/mol. The quantitative estimate of drug-likeness (QED) is 0.490. The topological polar surface area (TPSA) is 67.6 Å². The molecule has 0 aliphatic carbocycles. The van der Waals surface area contributed by atoms with Gasteiger partial charge in [0.05, 0.1) is 0 Å². The molecule has 0 spiro atoms. The monoisotopic (exact) mass is 315 g/mol. The summed E-state index contributed by atoms with van der Waals surface area (Å²) in [7, 11) is 1.48. The molecule has 1 aromatic carbocycles.